The standard InChI is InChI=1S/C12H23O4Si/c1-5-8-11(17(14-3)15-4)9-7-10-16-12(13)6-2/h6,11H,2,5,7-10H2,1,3-4H3. The highest BCUT2D eigenvalue weighted by Crippen LogP contribution is 2.24. The third-order valence-electron chi connectivity index (χ3n) is 2.48. The summed E-state index contributed by atoms with van der Waals surface area (Å²) in [5, 5.41) is 0. The van der Waals surface area contributed by atoms with Crippen LogP contribution in [0.5, 0.6) is 0 Å². The Morgan fingerprint density at radius 3 is 2.47 bits per heavy atom. The van der Waals surface area contributed by atoms with Gasteiger partial charge >= 0.3 is 15.3 Å². The molecular formula is C12H23O4Si. The molecule has 0 aliphatic heterocycles. The van der Waals surface area contributed by atoms with E-state index in [4.69, 9.17) is 13.6 Å². The van der Waals surface area contributed by atoms with Crippen LogP contribution in [0, 0.1) is 0 Å². The van der Waals surface area contributed by atoms with Crippen molar-refractivity contribution in [1.82, 2.24) is 0 Å². The van der Waals surface area contributed by atoms with Crippen LogP contribution in [-0.4, -0.2) is 36.1 Å². The normalized spacial score (nSPS) is 12.5. The minimum atomic E-state index is -1.19. The second-order valence-electron chi connectivity index (χ2n) is 3.73. The first-order chi connectivity index (χ1) is 8.19. The van der Waals surface area contributed by atoms with E-state index in [1.165, 1.54) is 6.08 Å². The lowest BCUT2D eigenvalue weighted by Crippen LogP contribution is -2.26. The van der Waals surface area contributed by atoms with Gasteiger partial charge in [-0.25, -0.2) is 4.79 Å². The summed E-state index contributed by atoms with van der Waals surface area (Å²) in [5.74, 6) is -0.360. The molecule has 0 aromatic carbocycles. The van der Waals surface area contributed by atoms with Gasteiger partial charge in [0.2, 0.25) is 0 Å². The van der Waals surface area contributed by atoms with Crippen LogP contribution in [0.15, 0.2) is 12.7 Å². The van der Waals surface area contributed by atoms with Gasteiger partial charge in [-0.1, -0.05) is 19.9 Å². The summed E-state index contributed by atoms with van der Waals surface area (Å²) < 4.78 is 15.7. The lowest BCUT2D eigenvalue weighted by Gasteiger charge is -2.20. The fraction of sp³-hybridized carbons (Fsp3) is 0.750. The maximum atomic E-state index is 10.8. The van der Waals surface area contributed by atoms with E-state index in [0.717, 1.165) is 25.7 Å². The summed E-state index contributed by atoms with van der Waals surface area (Å²) >= 11 is 0. The average molecular weight is 259 g/mol. The fourth-order valence-electron chi connectivity index (χ4n) is 1.71. The summed E-state index contributed by atoms with van der Waals surface area (Å²) in [6, 6.07) is 0. The molecule has 0 rings (SSSR count). The number of hydrogen-bond acceptors (Lipinski definition) is 4. The van der Waals surface area contributed by atoms with Crippen molar-refractivity contribution < 1.29 is 18.4 Å². The molecule has 5 heteroatoms. The monoisotopic (exact) mass is 259 g/mol. The summed E-state index contributed by atoms with van der Waals surface area (Å²) in [4.78, 5) is 10.8. The Hall–Kier alpha value is -0.653. The van der Waals surface area contributed by atoms with E-state index in [0.29, 0.717) is 12.1 Å². The van der Waals surface area contributed by atoms with E-state index in [1.807, 2.05) is 0 Å². The molecule has 0 spiro atoms. The molecule has 0 saturated heterocycles. The first-order valence-electron chi connectivity index (χ1n) is 5.93. The van der Waals surface area contributed by atoms with Crippen LogP contribution in [-0.2, 0) is 18.4 Å². The maximum absolute atomic E-state index is 10.8. The van der Waals surface area contributed by atoms with Crippen molar-refractivity contribution in [1.29, 1.82) is 0 Å². The lowest BCUT2D eigenvalue weighted by molar-refractivity contribution is -0.137. The second kappa shape index (κ2) is 10.5. The molecule has 99 valence electrons. The first-order valence-corrected chi connectivity index (χ1v) is 7.32. The predicted molar refractivity (Wildman–Crippen MR) is 68.8 cm³/mol. The van der Waals surface area contributed by atoms with Crippen molar-refractivity contribution >= 4 is 15.3 Å². The molecule has 0 fully saturated rings. The fourth-order valence-corrected chi connectivity index (χ4v) is 3.50. The number of ether oxygens (including phenoxy) is 1. The summed E-state index contributed by atoms with van der Waals surface area (Å²) in [6.45, 7) is 5.94. The van der Waals surface area contributed by atoms with Crippen molar-refractivity contribution in [2.45, 2.75) is 38.1 Å². The zero-order valence-corrected chi connectivity index (χ0v) is 12.0. The molecule has 0 N–H and O–H groups in total. The van der Waals surface area contributed by atoms with Crippen LogP contribution in [0.4, 0.5) is 0 Å². The molecule has 4 nitrogen and oxygen atoms in total. The van der Waals surface area contributed by atoms with Gasteiger partial charge in [0, 0.05) is 25.8 Å². The Kier molecular flexibility index (Phi) is 10.1. The smallest absolute Gasteiger partial charge is 0.387 e. The Morgan fingerprint density at radius 1 is 1.35 bits per heavy atom. The summed E-state index contributed by atoms with van der Waals surface area (Å²) in [7, 11) is 2.19. The molecule has 1 radical (unpaired) electrons. The lowest BCUT2D eigenvalue weighted by atomic mass is 10.1. The summed E-state index contributed by atoms with van der Waals surface area (Å²) in [6.07, 6.45) is 5.19. The van der Waals surface area contributed by atoms with Crippen LogP contribution >= 0.6 is 0 Å². The van der Waals surface area contributed by atoms with E-state index in [9.17, 15) is 4.79 Å². The highest BCUT2D eigenvalue weighted by atomic mass is 28.3. The minimum Gasteiger partial charge on any atom is -0.463 e. The molecule has 1 unspecified atom stereocenters. The number of hydrogen-bond donors (Lipinski definition) is 0. The van der Waals surface area contributed by atoms with Gasteiger partial charge in [-0.15, -0.1) is 0 Å². The SMILES string of the molecule is C=CC(=O)OCCCC(CCC)[Si](OC)OC. The van der Waals surface area contributed by atoms with Gasteiger partial charge in [0.15, 0.2) is 0 Å². The zero-order valence-electron chi connectivity index (χ0n) is 11.0. The maximum Gasteiger partial charge on any atom is 0.387 e. The predicted octanol–water partition coefficient (Wildman–Crippen LogP) is 2.45. The Labute approximate surface area is 106 Å². The molecule has 0 amide bonds. The van der Waals surface area contributed by atoms with E-state index in [-0.39, 0.29) is 5.97 Å². The number of carbonyl (C=O) groups is 1. The van der Waals surface area contributed by atoms with E-state index >= 15 is 0 Å². The van der Waals surface area contributed by atoms with Gasteiger partial charge in [-0.05, 0) is 19.3 Å². The quantitative estimate of drug-likeness (QED) is 0.262. The van der Waals surface area contributed by atoms with Crippen molar-refractivity contribution in [3.8, 4) is 0 Å². The average Bonchev–Trinajstić information content (AvgIpc) is 2.35. The number of carbonyl (C=O) groups excluding carboxylic acids is 1. The second-order valence-corrected chi connectivity index (χ2v) is 6.00. The van der Waals surface area contributed by atoms with Gasteiger partial charge in [-0.2, -0.15) is 0 Å². The topological polar surface area (TPSA) is 44.8 Å². The van der Waals surface area contributed by atoms with E-state index in [1.54, 1.807) is 14.2 Å². The molecule has 17 heavy (non-hydrogen) atoms. The minimum absolute atomic E-state index is 0.360. The zero-order chi connectivity index (χ0) is 13.1. The van der Waals surface area contributed by atoms with E-state index in [2.05, 4.69) is 13.5 Å². The Bertz CT molecular complexity index is 217. The van der Waals surface area contributed by atoms with Crippen molar-refractivity contribution in [3.63, 3.8) is 0 Å². The Balaban J connectivity index is 3.91. The van der Waals surface area contributed by atoms with Crippen LogP contribution in [0.25, 0.3) is 0 Å². The third-order valence-corrected chi connectivity index (χ3v) is 4.53. The molecule has 0 aliphatic carbocycles. The van der Waals surface area contributed by atoms with Crippen molar-refractivity contribution in [2.75, 3.05) is 20.8 Å². The largest absolute Gasteiger partial charge is 0.463 e. The molecular weight excluding hydrogens is 236 g/mol. The van der Waals surface area contributed by atoms with Gasteiger partial charge in [0.1, 0.15) is 0 Å². The molecule has 0 aromatic rings. The van der Waals surface area contributed by atoms with E-state index < -0.39 is 9.28 Å². The van der Waals surface area contributed by atoms with Crippen LogP contribution < -0.4 is 0 Å². The van der Waals surface area contributed by atoms with Crippen molar-refractivity contribution in [3.05, 3.63) is 12.7 Å². The van der Waals surface area contributed by atoms with Gasteiger partial charge in [-0.3, -0.25) is 0 Å². The van der Waals surface area contributed by atoms with Gasteiger partial charge in [0.25, 0.3) is 0 Å². The number of rotatable bonds is 10. The number of esters is 1. The Morgan fingerprint density at radius 2 is 2.00 bits per heavy atom. The van der Waals surface area contributed by atoms with Crippen molar-refractivity contribution in [2.24, 2.45) is 0 Å². The molecule has 0 aromatic heterocycles. The van der Waals surface area contributed by atoms with Crippen LogP contribution in [0.1, 0.15) is 32.6 Å². The van der Waals surface area contributed by atoms with Crippen LogP contribution in [0.3, 0.4) is 0 Å². The molecule has 0 saturated carbocycles. The van der Waals surface area contributed by atoms with Gasteiger partial charge in [0.05, 0.1) is 6.61 Å². The molecule has 0 aliphatic rings. The van der Waals surface area contributed by atoms with Gasteiger partial charge < -0.3 is 13.6 Å². The third kappa shape index (κ3) is 7.30. The van der Waals surface area contributed by atoms with Crippen LogP contribution in [0.2, 0.25) is 5.54 Å². The summed E-state index contributed by atoms with van der Waals surface area (Å²) in [5.41, 5.74) is 0.447. The molecule has 0 heterocycles. The highest BCUT2D eigenvalue weighted by molar-refractivity contribution is 6.46. The molecule has 1 atom stereocenters. The molecule has 0 bridgehead atoms. The first kappa shape index (κ1) is 16.3. The highest BCUT2D eigenvalue weighted by Gasteiger charge is 2.25.